The van der Waals surface area contributed by atoms with Crippen LogP contribution in [0.3, 0.4) is 0 Å². The molecule has 2 N–H and O–H groups in total. The number of anilines is 1. The Balaban J connectivity index is 1.55. The molecular weight excluding hydrogens is 454 g/mol. The number of hydrogen-bond donors (Lipinski definition) is 2. The van der Waals surface area contributed by atoms with Crippen LogP contribution < -0.4 is 5.32 Å². The second-order valence-corrected chi connectivity index (χ2v) is 8.38. The van der Waals surface area contributed by atoms with Gasteiger partial charge in [-0.2, -0.15) is 0 Å². The topological polar surface area (TPSA) is 109 Å². The lowest BCUT2D eigenvalue weighted by Crippen LogP contribution is -2.10. The van der Waals surface area contributed by atoms with Crippen LogP contribution in [0.1, 0.15) is 17.5 Å². The minimum Gasteiger partial charge on any atom is -0.481 e. The standard InChI is InChI=1S/C28H23N5O3/c34-23(15-25(35)36)14-20-13-22(18-29-16-20)27-31-28(30-17-19-7-3-1-4-8-19)26-24(11-12-33(26)32-27)21-9-5-2-6-10-21/h1-13,16,18H,14-15,17H2,(H,35,36)(H,30,31,32). The first-order chi connectivity index (χ1) is 17.6. The summed E-state index contributed by atoms with van der Waals surface area (Å²) in [4.78, 5) is 31.9. The average Bonchev–Trinajstić information content (AvgIpc) is 3.32. The number of carbonyl (C=O) groups is 2. The molecule has 178 valence electrons. The van der Waals surface area contributed by atoms with E-state index < -0.39 is 12.4 Å². The van der Waals surface area contributed by atoms with Crippen molar-refractivity contribution in [2.45, 2.75) is 19.4 Å². The molecule has 8 nitrogen and oxygen atoms in total. The lowest BCUT2D eigenvalue weighted by atomic mass is 10.1. The molecule has 36 heavy (non-hydrogen) atoms. The zero-order valence-electron chi connectivity index (χ0n) is 19.3. The molecule has 3 aromatic heterocycles. The Morgan fingerprint density at radius 2 is 1.64 bits per heavy atom. The maximum absolute atomic E-state index is 12.0. The van der Waals surface area contributed by atoms with Crippen molar-refractivity contribution in [2.75, 3.05) is 5.32 Å². The third kappa shape index (κ3) is 5.12. The van der Waals surface area contributed by atoms with E-state index in [1.54, 1.807) is 23.0 Å². The van der Waals surface area contributed by atoms with Crippen molar-refractivity contribution in [3.8, 4) is 22.5 Å². The monoisotopic (exact) mass is 477 g/mol. The number of benzene rings is 2. The number of Topliss-reactive ketones (excluding diaryl/α,β-unsaturated/α-hetero) is 1. The molecule has 2 aromatic carbocycles. The first-order valence-corrected chi connectivity index (χ1v) is 11.5. The van der Waals surface area contributed by atoms with Crippen LogP contribution in [-0.4, -0.2) is 36.4 Å². The Labute approximate surface area is 207 Å². The number of aliphatic carboxylic acids is 1. The minimum absolute atomic E-state index is 0.0177. The van der Waals surface area contributed by atoms with Crippen LogP contribution in [0, 0.1) is 0 Å². The third-order valence-electron chi connectivity index (χ3n) is 5.70. The number of fused-ring (bicyclic) bond motifs is 1. The molecule has 0 fully saturated rings. The summed E-state index contributed by atoms with van der Waals surface area (Å²) in [6, 6.07) is 23.9. The second-order valence-electron chi connectivity index (χ2n) is 8.38. The van der Waals surface area contributed by atoms with Crippen molar-refractivity contribution in [2.24, 2.45) is 0 Å². The van der Waals surface area contributed by atoms with E-state index in [0.717, 1.165) is 22.2 Å². The predicted molar refractivity (Wildman–Crippen MR) is 136 cm³/mol. The maximum atomic E-state index is 12.0. The van der Waals surface area contributed by atoms with Gasteiger partial charge in [0.15, 0.2) is 11.6 Å². The Morgan fingerprint density at radius 1 is 0.889 bits per heavy atom. The number of aromatic nitrogens is 4. The summed E-state index contributed by atoms with van der Waals surface area (Å²) >= 11 is 0. The number of carboxylic acid groups (broad SMARTS) is 1. The highest BCUT2D eigenvalue weighted by Crippen LogP contribution is 2.31. The molecule has 3 heterocycles. The van der Waals surface area contributed by atoms with Gasteiger partial charge in [-0.25, -0.2) is 9.50 Å². The van der Waals surface area contributed by atoms with Gasteiger partial charge < -0.3 is 10.4 Å². The van der Waals surface area contributed by atoms with Crippen LogP contribution in [0.15, 0.2) is 91.4 Å². The van der Waals surface area contributed by atoms with Crippen molar-refractivity contribution in [3.05, 3.63) is 103 Å². The van der Waals surface area contributed by atoms with E-state index in [2.05, 4.69) is 10.3 Å². The van der Waals surface area contributed by atoms with Gasteiger partial charge in [-0.05, 0) is 28.8 Å². The SMILES string of the molecule is O=C(O)CC(=O)Cc1cncc(-c2nc(NCc3ccccc3)c3c(-c4ccccc4)ccn3n2)c1. The van der Waals surface area contributed by atoms with Gasteiger partial charge in [0.2, 0.25) is 0 Å². The summed E-state index contributed by atoms with van der Waals surface area (Å²) in [6.07, 6.45) is 4.54. The third-order valence-corrected chi connectivity index (χ3v) is 5.70. The lowest BCUT2D eigenvalue weighted by Gasteiger charge is -2.12. The fraction of sp³-hybridized carbons (Fsp3) is 0.107. The highest BCUT2D eigenvalue weighted by atomic mass is 16.4. The zero-order chi connectivity index (χ0) is 24.9. The van der Waals surface area contributed by atoms with Gasteiger partial charge in [0, 0.05) is 42.7 Å². The van der Waals surface area contributed by atoms with Crippen LogP contribution in [0.5, 0.6) is 0 Å². The number of carbonyl (C=O) groups excluding carboxylic acids is 1. The van der Waals surface area contributed by atoms with Crippen LogP contribution in [0.25, 0.3) is 28.0 Å². The molecule has 0 aliphatic carbocycles. The summed E-state index contributed by atoms with van der Waals surface area (Å²) in [5, 5.41) is 17.1. The van der Waals surface area contributed by atoms with Crippen LogP contribution in [0.2, 0.25) is 0 Å². The fourth-order valence-corrected chi connectivity index (χ4v) is 4.07. The number of ketones is 1. The average molecular weight is 478 g/mol. The Morgan fingerprint density at radius 3 is 2.39 bits per heavy atom. The number of hydrogen-bond acceptors (Lipinski definition) is 6. The van der Waals surface area contributed by atoms with E-state index in [4.69, 9.17) is 15.2 Å². The van der Waals surface area contributed by atoms with E-state index >= 15 is 0 Å². The smallest absolute Gasteiger partial charge is 0.310 e. The number of nitrogens with one attached hydrogen (secondary N) is 1. The molecule has 0 atom stereocenters. The van der Waals surface area contributed by atoms with Crippen LogP contribution in [0.4, 0.5) is 5.82 Å². The van der Waals surface area contributed by atoms with Crippen molar-refractivity contribution in [3.63, 3.8) is 0 Å². The van der Waals surface area contributed by atoms with Gasteiger partial charge in [-0.3, -0.25) is 14.6 Å². The molecule has 0 radical (unpaired) electrons. The summed E-state index contributed by atoms with van der Waals surface area (Å²) < 4.78 is 1.79. The summed E-state index contributed by atoms with van der Waals surface area (Å²) in [5.41, 5.74) is 5.27. The molecule has 5 aromatic rings. The van der Waals surface area contributed by atoms with Gasteiger partial charge in [0.1, 0.15) is 17.7 Å². The van der Waals surface area contributed by atoms with E-state index in [1.165, 1.54) is 0 Å². The predicted octanol–water partition coefficient (Wildman–Crippen LogP) is 4.66. The highest BCUT2D eigenvalue weighted by molar-refractivity contribution is 5.95. The normalized spacial score (nSPS) is 10.9. The van der Waals surface area contributed by atoms with Crippen molar-refractivity contribution < 1.29 is 14.7 Å². The molecule has 0 spiro atoms. The van der Waals surface area contributed by atoms with Crippen molar-refractivity contribution in [1.29, 1.82) is 0 Å². The summed E-state index contributed by atoms with van der Waals surface area (Å²) in [6.45, 7) is 0.578. The Kier molecular flexibility index (Phi) is 6.48. The van der Waals surface area contributed by atoms with Crippen molar-refractivity contribution >= 4 is 23.1 Å². The van der Waals surface area contributed by atoms with Gasteiger partial charge >= 0.3 is 5.97 Å². The molecular formula is C28H23N5O3. The quantitative estimate of drug-likeness (QED) is 0.297. The molecule has 0 saturated carbocycles. The second kappa shape index (κ2) is 10.2. The zero-order valence-corrected chi connectivity index (χ0v) is 19.3. The minimum atomic E-state index is -1.14. The fourth-order valence-electron chi connectivity index (χ4n) is 4.07. The molecule has 0 saturated heterocycles. The van der Waals surface area contributed by atoms with Crippen molar-refractivity contribution in [1.82, 2.24) is 19.6 Å². The van der Waals surface area contributed by atoms with E-state index in [-0.39, 0.29) is 12.2 Å². The first-order valence-electron chi connectivity index (χ1n) is 11.5. The van der Waals surface area contributed by atoms with Gasteiger partial charge in [0.25, 0.3) is 0 Å². The molecule has 8 heteroatoms. The summed E-state index contributed by atoms with van der Waals surface area (Å²) in [7, 11) is 0. The van der Waals surface area contributed by atoms with E-state index in [0.29, 0.717) is 29.3 Å². The van der Waals surface area contributed by atoms with Gasteiger partial charge in [-0.1, -0.05) is 60.7 Å². The van der Waals surface area contributed by atoms with E-state index in [9.17, 15) is 9.59 Å². The number of carboxylic acids is 1. The molecule has 0 bridgehead atoms. The number of rotatable bonds is 9. The Hall–Kier alpha value is -4.85. The summed E-state index contributed by atoms with van der Waals surface area (Å²) in [5.74, 6) is -0.428. The molecule has 0 unspecified atom stereocenters. The van der Waals surface area contributed by atoms with Gasteiger partial charge in [0.05, 0.1) is 0 Å². The maximum Gasteiger partial charge on any atom is 0.310 e. The van der Waals surface area contributed by atoms with Gasteiger partial charge in [-0.15, -0.1) is 5.10 Å². The number of nitrogens with zero attached hydrogens (tertiary/aromatic N) is 4. The molecule has 0 aliphatic rings. The molecule has 5 rings (SSSR count). The largest absolute Gasteiger partial charge is 0.481 e. The highest BCUT2D eigenvalue weighted by Gasteiger charge is 2.16. The number of pyridine rings is 1. The Bertz CT molecular complexity index is 1530. The first kappa shape index (κ1) is 22.9. The van der Waals surface area contributed by atoms with E-state index in [1.807, 2.05) is 72.9 Å². The molecule has 0 amide bonds. The molecule has 0 aliphatic heterocycles. The van der Waals surface area contributed by atoms with Crippen LogP contribution in [-0.2, 0) is 22.6 Å². The lowest BCUT2D eigenvalue weighted by molar-refractivity contribution is -0.140. The van der Waals surface area contributed by atoms with Crippen LogP contribution >= 0.6 is 0 Å².